The predicted molar refractivity (Wildman–Crippen MR) is 96.4 cm³/mol. The number of nitrogens with zero attached hydrogens (tertiary/aromatic N) is 1. The van der Waals surface area contributed by atoms with Crippen LogP contribution in [0.3, 0.4) is 0 Å². The summed E-state index contributed by atoms with van der Waals surface area (Å²) in [5.41, 5.74) is 11.7. The number of guanidine groups is 1. The van der Waals surface area contributed by atoms with Gasteiger partial charge in [0.25, 0.3) is 15.9 Å². The first-order valence-corrected chi connectivity index (χ1v) is 9.28. The van der Waals surface area contributed by atoms with Crippen LogP contribution in [0.1, 0.15) is 10.4 Å². The molecule has 1 aromatic heterocycles. The number of nitrogens with two attached hydrogens (primary N) is 2. The standard InChI is InChI=1S/C13H15N7O4S2/c14-12(22)8-3-7(26(23,24)20-11-5-17-6-25-11)1-2-9(8)19-10(21)4-18-13(15)16/h1-3,5-6,20H,4H2,(H2,14,22)(H,19,21)(H4,15,16,18). The van der Waals surface area contributed by atoms with E-state index in [1.54, 1.807) is 0 Å². The number of rotatable bonds is 7. The monoisotopic (exact) mass is 397 g/mol. The van der Waals surface area contributed by atoms with Crippen LogP contribution in [0.2, 0.25) is 0 Å². The molecule has 1 aromatic carbocycles. The molecule has 8 N–H and O–H groups in total. The number of anilines is 2. The molecule has 0 spiro atoms. The molecule has 26 heavy (non-hydrogen) atoms. The minimum absolute atomic E-state index is 0.0320. The van der Waals surface area contributed by atoms with E-state index in [1.807, 2.05) is 0 Å². The lowest BCUT2D eigenvalue weighted by Gasteiger charge is -2.12. The highest BCUT2D eigenvalue weighted by molar-refractivity contribution is 7.93. The molecular weight excluding hydrogens is 382 g/mol. The molecule has 138 valence electrons. The van der Waals surface area contributed by atoms with Crippen LogP contribution in [0.5, 0.6) is 0 Å². The zero-order valence-corrected chi connectivity index (χ0v) is 14.8. The van der Waals surface area contributed by atoms with Crippen LogP contribution in [0.15, 0.2) is 34.8 Å². The molecule has 0 aliphatic heterocycles. The van der Waals surface area contributed by atoms with E-state index in [1.165, 1.54) is 23.8 Å². The number of sulfonamides is 1. The van der Waals surface area contributed by atoms with Crippen LogP contribution in [-0.4, -0.2) is 37.7 Å². The van der Waals surface area contributed by atoms with Gasteiger partial charge in [-0.05, 0) is 18.2 Å². The number of carbonyl (C=O) groups excluding carboxylic acids is 2. The van der Waals surface area contributed by atoms with Crippen molar-refractivity contribution in [3.8, 4) is 0 Å². The summed E-state index contributed by atoms with van der Waals surface area (Å²) < 4.78 is 27.0. The second kappa shape index (κ2) is 7.79. The average molecular weight is 397 g/mol. The molecule has 0 saturated heterocycles. The van der Waals surface area contributed by atoms with E-state index in [9.17, 15) is 18.0 Å². The fraction of sp³-hybridized carbons (Fsp3) is 0.0769. The van der Waals surface area contributed by atoms with Crippen molar-refractivity contribution in [3.05, 3.63) is 35.5 Å². The number of amides is 2. The lowest BCUT2D eigenvalue weighted by atomic mass is 10.1. The highest BCUT2D eigenvalue weighted by Crippen LogP contribution is 2.23. The van der Waals surface area contributed by atoms with E-state index in [4.69, 9.17) is 16.9 Å². The van der Waals surface area contributed by atoms with Crippen LogP contribution in [-0.2, 0) is 14.8 Å². The molecule has 1 heterocycles. The maximum Gasteiger partial charge on any atom is 0.262 e. The zero-order valence-electron chi connectivity index (χ0n) is 13.1. The average Bonchev–Trinajstić information content (AvgIpc) is 3.05. The lowest BCUT2D eigenvalue weighted by Crippen LogP contribution is -2.37. The van der Waals surface area contributed by atoms with Crippen molar-refractivity contribution in [1.82, 2.24) is 10.3 Å². The van der Waals surface area contributed by atoms with Crippen molar-refractivity contribution in [3.63, 3.8) is 0 Å². The van der Waals surface area contributed by atoms with Gasteiger partial charge in [-0.3, -0.25) is 24.7 Å². The van der Waals surface area contributed by atoms with Crippen molar-refractivity contribution in [2.45, 2.75) is 4.90 Å². The van der Waals surface area contributed by atoms with E-state index in [0.717, 1.165) is 17.4 Å². The highest BCUT2D eigenvalue weighted by atomic mass is 32.2. The Balaban J connectivity index is 2.26. The molecule has 11 nitrogen and oxygen atoms in total. The number of primary amides is 1. The van der Waals surface area contributed by atoms with Crippen molar-refractivity contribution >= 4 is 49.8 Å². The van der Waals surface area contributed by atoms with Crippen LogP contribution >= 0.6 is 11.3 Å². The second-order valence-electron chi connectivity index (χ2n) is 4.86. The number of thiazole rings is 1. The van der Waals surface area contributed by atoms with Crippen molar-refractivity contribution < 1.29 is 18.0 Å². The van der Waals surface area contributed by atoms with Crippen molar-refractivity contribution in [1.29, 1.82) is 5.41 Å². The third-order valence-electron chi connectivity index (χ3n) is 2.95. The Bertz CT molecular complexity index is 941. The summed E-state index contributed by atoms with van der Waals surface area (Å²) in [6.07, 6.45) is 1.34. The lowest BCUT2D eigenvalue weighted by molar-refractivity contribution is -0.115. The summed E-state index contributed by atoms with van der Waals surface area (Å²) in [7, 11) is -3.96. The van der Waals surface area contributed by atoms with E-state index in [-0.39, 0.29) is 22.7 Å². The fourth-order valence-electron chi connectivity index (χ4n) is 1.83. The molecule has 2 rings (SSSR count). The molecule has 0 bridgehead atoms. The van der Waals surface area contributed by atoms with Gasteiger partial charge >= 0.3 is 0 Å². The van der Waals surface area contributed by atoms with Gasteiger partial charge in [-0.2, -0.15) is 0 Å². The summed E-state index contributed by atoms with van der Waals surface area (Å²) in [6.45, 7) is -0.305. The van der Waals surface area contributed by atoms with Gasteiger partial charge in [0, 0.05) is 0 Å². The van der Waals surface area contributed by atoms with Gasteiger partial charge in [-0.15, -0.1) is 11.3 Å². The Morgan fingerprint density at radius 1 is 1.27 bits per heavy atom. The molecule has 2 amide bonds. The van der Waals surface area contributed by atoms with Crippen LogP contribution in [0.25, 0.3) is 0 Å². The topological polar surface area (TPSA) is 193 Å². The molecule has 0 fully saturated rings. The van der Waals surface area contributed by atoms with Crippen LogP contribution in [0.4, 0.5) is 10.7 Å². The third-order valence-corrected chi connectivity index (χ3v) is 5.13. The highest BCUT2D eigenvalue weighted by Gasteiger charge is 2.19. The van der Waals surface area contributed by atoms with Gasteiger partial charge in [-0.1, -0.05) is 0 Å². The van der Waals surface area contributed by atoms with E-state index in [0.29, 0.717) is 5.00 Å². The van der Waals surface area contributed by atoms with E-state index >= 15 is 0 Å². The summed E-state index contributed by atoms with van der Waals surface area (Å²) >= 11 is 1.09. The van der Waals surface area contributed by atoms with Gasteiger partial charge in [0.15, 0.2) is 5.96 Å². The predicted octanol–water partition coefficient (Wildman–Crippen LogP) is -0.536. The zero-order chi connectivity index (χ0) is 19.3. The molecule has 2 aromatic rings. The number of hydrogen-bond acceptors (Lipinski definition) is 7. The first-order chi connectivity index (χ1) is 12.2. The second-order valence-corrected chi connectivity index (χ2v) is 7.43. The Hall–Kier alpha value is -3.19. The molecule has 13 heteroatoms. The van der Waals surface area contributed by atoms with E-state index < -0.39 is 27.8 Å². The minimum Gasteiger partial charge on any atom is -0.370 e. The quantitative estimate of drug-likeness (QED) is 0.267. The number of benzene rings is 1. The Morgan fingerprint density at radius 2 is 2.00 bits per heavy atom. The number of hydrogen-bond donors (Lipinski definition) is 6. The normalized spacial score (nSPS) is 10.8. The summed E-state index contributed by atoms with van der Waals surface area (Å²) in [5.74, 6) is -1.92. The minimum atomic E-state index is -3.96. The van der Waals surface area contributed by atoms with Gasteiger partial charge < -0.3 is 22.1 Å². The fourth-order valence-corrected chi connectivity index (χ4v) is 3.66. The Kier molecular flexibility index (Phi) is 5.74. The van der Waals surface area contributed by atoms with Gasteiger partial charge in [0.1, 0.15) is 5.00 Å². The Labute approximate surface area is 152 Å². The van der Waals surface area contributed by atoms with Gasteiger partial charge in [0.05, 0.1) is 34.4 Å². The SMILES string of the molecule is N=C(N)NCC(=O)Nc1ccc(S(=O)(=O)Nc2cncs2)cc1C(N)=O. The summed E-state index contributed by atoms with van der Waals surface area (Å²) in [5, 5.41) is 12.0. The van der Waals surface area contributed by atoms with Crippen LogP contribution in [0, 0.1) is 5.41 Å². The van der Waals surface area contributed by atoms with Crippen molar-refractivity contribution in [2.75, 3.05) is 16.6 Å². The van der Waals surface area contributed by atoms with Crippen LogP contribution < -0.4 is 26.8 Å². The van der Waals surface area contributed by atoms with Gasteiger partial charge in [0.2, 0.25) is 5.91 Å². The summed E-state index contributed by atoms with van der Waals surface area (Å²) in [6, 6.07) is 3.51. The molecule has 0 atom stereocenters. The first kappa shape index (κ1) is 19.1. The third kappa shape index (κ3) is 4.90. The molecule has 0 radical (unpaired) electrons. The molecule has 0 saturated carbocycles. The summed E-state index contributed by atoms with van der Waals surface area (Å²) in [4.78, 5) is 27.0. The van der Waals surface area contributed by atoms with Crippen molar-refractivity contribution in [2.24, 2.45) is 11.5 Å². The largest absolute Gasteiger partial charge is 0.370 e. The maximum atomic E-state index is 12.4. The Morgan fingerprint density at radius 3 is 2.58 bits per heavy atom. The smallest absolute Gasteiger partial charge is 0.262 e. The molecular formula is C13H15N7O4S2. The first-order valence-electron chi connectivity index (χ1n) is 6.92. The number of aromatic nitrogens is 1. The van der Waals surface area contributed by atoms with E-state index in [2.05, 4.69) is 20.3 Å². The van der Waals surface area contributed by atoms with Gasteiger partial charge in [-0.25, -0.2) is 8.42 Å². The molecule has 0 aliphatic rings. The molecule has 0 unspecified atom stereocenters. The maximum absolute atomic E-state index is 12.4. The molecule has 0 aliphatic carbocycles. The number of carbonyl (C=O) groups is 2. The number of nitrogens with one attached hydrogen (secondary N) is 4.